The van der Waals surface area contributed by atoms with Gasteiger partial charge in [0.05, 0.1) is 4.92 Å². The van der Waals surface area contributed by atoms with Crippen molar-refractivity contribution in [1.82, 2.24) is 0 Å². The fraction of sp³-hybridized carbons (Fsp3) is 0.0714. The van der Waals surface area contributed by atoms with Crippen LogP contribution in [0.25, 0.3) is 0 Å². The van der Waals surface area contributed by atoms with Crippen LogP contribution in [0.4, 0.5) is 21.9 Å². The summed E-state index contributed by atoms with van der Waals surface area (Å²) in [7, 11) is 0. The van der Waals surface area contributed by atoms with E-state index in [4.69, 9.17) is 11.6 Å². The highest BCUT2D eigenvalue weighted by Crippen LogP contribution is 2.27. The molecule has 2 amide bonds. The minimum atomic E-state index is -0.605. The van der Waals surface area contributed by atoms with E-state index in [1.807, 2.05) is 25.1 Å². The van der Waals surface area contributed by atoms with E-state index in [0.29, 0.717) is 5.69 Å². The van der Waals surface area contributed by atoms with Gasteiger partial charge in [-0.25, -0.2) is 4.79 Å². The first-order chi connectivity index (χ1) is 9.95. The van der Waals surface area contributed by atoms with Crippen LogP contribution in [-0.2, 0) is 0 Å². The Bertz CT molecular complexity index is 704. The van der Waals surface area contributed by atoms with Gasteiger partial charge >= 0.3 is 6.03 Å². The summed E-state index contributed by atoms with van der Waals surface area (Å²) in [5.74, 6) is 0. The molecule has 2 aromatic rings. The molecule has 2 N–H and O–H groups in total. The molecule has 0 bridgehead atoms. The maximum Gasteiger partial charge on any atom is 0.323 e. The Hall–Kier alpha value is -2.60. The molecule has 0 radical (unpaired) electrons. The topological polar surface area (TPSA) is 84.3 Å². The molecule has 0 saturated heterocycles. The van der Waals surface area contributed by atoms with E-state index in [1.54, 1.807) is 6.07 Å². The summed E-state index contributed by atoms with van der Waals surface area (Å²) in [4.78, 5) is 22.0. The quantitative estimate of drug-likeness (QED) is 0.658. The minimum Gasteiger partial charge on any atom is -0.308 e. The molecule has 0 aliphatic carbocycles. The van der Waals surface area contributed by atoms with Gasteiger partial charge in [0, 0.05) is 17.4 Å². The molecular weight excluding hydrogens is 294 g/mol. The number of hydrogen-bond donors (Lipinski definition) is 2. The third-order valence-corrected chi connectivity index (χ3v) is 3.00. The Labute approximate surface area is 125 Å². The fourth-order valence-electron chi connectivity index (χ4n) is 1.75. The number of carbonyl (C=O) groups excluding carboxylic acids is 1. The van der Waals surface area contributed by atoms with Gasteiger partial charge < -0.3 is 10.6 Å². The molecule has 108 valence electrons. The van der Waals surface area contributed by atoms with Crippen molar-refractivity contribution in [3.05, 3.63) is 63.2 Å². The number of nitro groups is 1. The van der Waals surface area contributed by atoms with Gasteiger partial charge in [0.1, 0.15) is 5.02 Å². The van der Waals surface area contributed by atoms with Crippen molar-refractivity contribution < 1.29 is 9.72 Å². The maximum absolute atomic E-state index is 11.8. The van der Waals surface area contributed by atoms with E-state index in [1.165, 1.54) is 18.2 Å². The summed E-state index contributed by atoms with van der Waals surface area (Å²) in [6.07, 6.45) is 0. The highest BCUT2D eigenvalue weighted by molar-refractivity contribution is 6.32. The van der Waals surface area contributed by atoms with Crippen LogP contribution >= 0.6 is 11.6 Å². The van der Waals surface area contributed by atoms with E-state index in [-0.39, 0.29) is 16.4 Å². The van der Waals surface area contributed by atoms with Crippen LogP contribution < -0.4 is 10.6 Å². The second kappa shape index (κ2) is 6.23. The number of nitrogens with zero attached hydrogens (tertiary/aromatic N) is 1. The number of rotatable bonds is 3. The number of halogens is 1. The SMILES string of the molecule is Cc1cccc(NC(=O)Nc2ccc(Cl)c([N+](=O)[O-])c2)c1. The van der Waals surface area contributed by atoms with Gasteiger partial charge in [-0.3, -0.25) is 10.1 Å². The van der Waals surface area contributed by atoms with Crippen molar-refractivity contribution in [2.24, 2.45) is 0 Å². The van der Waals surface area contributed by atoms with Gasteiger partial charge in [-0.05, 0) is 36.8 Å². The van der Waals surface area contributed by atoms with Gasteiger partial charge in [-0.2, -0.15) is 0 Å². The lowest BCUT2D eigenvalue weighted by Gasteiger charge is -2.08. The monoisotopic (exact) mass is 305 g/mol. The van der Waals surface area contributed by atoms with Crippen molar-refractivity contribution in [1.29, 1.82) is 0 Å². The summed E-state index contributed by atoms with van der Waals surface area (Å²) in [6.45, 7) is 1.91. The summed E-state index contributed by atoms with van der Waals surface area (Å²) >= 11 is 5.70. The van der Waals surface area contributed by atoms with E-state index in [0.717, 1.165) is 5.56 Å². The number of benzene rings is 2. The minimum absolute atomic E-state index is 0.0182. The summed E-state index contributed by atoms with van der Waals surface area (Å²) < 4.78 is 0. The lowest BCUT2D eigenvalue weighted by atomic mass is 10.2. The standard InChI is InChI=1S/C14H12ClN3O3/c1-9-3-2-4-10(7-9)16-14(19)17-11-5-6-12(15)13(8-11)18(20)21/h2-8H,1H3,(H2,16,17,19). The third kappa shape index (κ3) is 3.93. The normalized spacial score (nSPS) is 10.0. The molecule has 0 aromatic heterocycles. The summed E-state index contributed by atoms with van der Waals surface area (Å²) in [6, 6.07) is 10.9. The number of anilines is 2. The van der Waals surface area contributed by atoms with Crippen molar-refractivity contribution in [2.75, 3.05) is 10.6 Å². The number of nitrogens with one attached hydrogen (secondary N) is 2. The summed E-state index contributed by atoms with van der Waals surface area (Å²) in [5.41, 5.74) is 1.67. The van der Waals surface area contributed by atoms with Crippen LogP contribution in [-0.4, -0.2) is 11.0 Å². The van der Waals surface area contributed by atoms with Crippen LogP contribution in [0, 0.1) is 17.0 Å². The number of aryl methyl sites for hydroxylation is 1. The van der Waals surface area contributed by atoms with Gasteiger partial charge in [0.25, 0.3) is 5.69 Å². The molecule has 2 rings (SSSR count). The van der Waals surface area contributed by atoms with Crippen molar-refractivity contribution in [3.8, 4) is 0 Å². The smallest absolute Gasteiger partial charge is 0.308 e. The zero-order chi connectivity index (χ0) is 15.4. The van der Waals surface area contributed by atoms with Gasteiger partial charge in [-0.1, -0.05) is 23.7 Å². The fourth-order valence-corrected chi connectivity index (χ4v) is 1.93. The Kier molecular flexibility index (Phi) is 4.39. The molecule has 21 heavy (non-hydrogen) atoms. The van der Waals surface area contributed by atoms with Gasteiger partial charge in [0.15, 0.2) is 0 Å². The van der Waals surface area contributed by atoms with Crippen LogP contribution in [0.5, 0.6) is 0 Å². The highest BCUT2D eigenvalue weighted by atomic mass is 35.5. The molecule has 6 nitrogen and oxygen atoms in total. The second-order valence-corrected chi connectivity index (χ2v) is 4.78. The average Bonchev–Trinajstić information content (AvgIpc) is 2.40. The predicted octanol–water partition coefficient (Wildman–Crippen LogP) is 4.20. The second-order valence-electron chi connectivity index (χ2n) is 4.37. The van der Waals surface area contributed by atoms with Crippen LogP contribution in [0.3, 0.4) is 0 Å². The van der Waals surface area contributed by atoms with Crippen molar-refractivity contribution in [3.63, 3.8) is 0 Å². The highest BCUT2D eigenvalue weighted by Gasteiger charge is 2.13. The largest absolute Gasteiger partial charge is 0.323 e. The van der Waals surface area contributed by atoms with Crippen LogP contribution in [0.15, 0.2) is 42.5 Å². The molecule has 0 spiro atoms. The molecule has 2 aromatic carbocycles. The molecule has 0 fully saturated rings. The molecule has 0 heterocycles. The van der Waals surface area contributed by atoms with E-state index in [2.05, 4.69) is 10.6 Å². The average molecular weight is 306 g/mol. The Morgan fingerprint density at radius 2 is 1.81 bits per heavy atom. The molecule has 0 aliphatic rings. The number of hydrogen-bond acceptors (Lipinski definition) is 3. The first-order valence-electron chi connectivity index (χ1n) is 6.04. The molecular formula is C14H12ClN3O3. The number of nitro benzene ring substituents is 1. The van der Waals surface area contributed by atoms with Gasteiger partial charge in [0.2, 0.25) is 0 Å². The Morgan fingerprint density at radius 3 is 2.43 bits per heavy atom. The third-order valence-electron chi connectivity index (χ3n) is 2.68. The zero-order valence-corrected chi connectivity index (χ0v) is 11.8. The lowest BCUT2D eigenvalue weighted by Crippen LogP contribution is -2.19. The molecule has 0 saturated carbocycles. The van der Waals surface area contributed by atoms with E-state index in [9.17, 15) is 14.9 Å². The van der Waals surface area contributed by atoms with E-state index < -0.39 is 11.0 Å². The van der Waals surface area contributed by atoms with Crippen molar-refractivity contribution >= 4 is 34.7 Å². The molecule has 7 heteroatoms. The maximum atomic E-state index is 11.8. The van der Waals surface area contributed by atoms with Gasteiger partial charge in [-0.15, -0.1) is 0 Å². The number of urea groups is 1. The van der Waals surface area contributed by atoms with Crippen LogP contribution in [0.2, 0.25) is 5.02 Å². The Morgan fingerprint density at radius 1 is 1.14 bits per heavy atom. The Balaban J connectivity index is 2.09. The zero-order valence-electron chi connectivity index (χ0n) is 11.1. The molecule has 0 atom stereocenters. The number of amides is 2. The summed E-state index contributed by atoms with van der Waals surface area (Å²) in [5, 5.41) is 16.0. The lowest BCUT2D eigenvalue weighted by molar-refractivity contribution is -0.384. The van der Waals surface area contributed by atoms with Crippen LogP contribution in [0.1, 0.15) is 5.56 Å². The number of carbonyl (C=O) groups is 1. The first kappa shape index (κ1) is 14.8. The van der Waals surface area contributed by atoms with E-state index >= 15 is 0 Å². The molecule has 0 aliphatic heterocycles. The first-order valence-corrected chi connectivity index (χ1v) is 6.42. The van der Waals surface area contributed by atoms with Crippen molar-refractivity contribution in [2.45, 2.75) is 6.92 Å². The molecule has 0 unspecified atom stereocenters. The predicted molar refractivity (Wildman–Crippen MR) is 81.9 cm³/mol.